The standard InChI is InChI=1S/C20H24F2N4O2.C15H16BrN3O2.C6H11F2N.C2H6.K.S2.H/c1-13-23-8-15(10-26-6-5-20(21,22)12-26)19(25-13)28-11-14-7-17(14)18-4-3-16(27-2)9-24-18;1-9-17-7-13(16)15(19-9)21-8-10-5-12(10)14-4-3-11(20-2)6-18-14;1-2-9-4-3-6(7,8)5-9;1-2;;1-2;/h3-4,8-9,14,17H,5-7,10-12H2,1-2H3;3-4,6-7,10,12H,5,8H2,1-2H3;2-5H2,1H3;1-2H3;;;/q;;;;+1;;-1/t14-,17?;10-,12?;;;;;/m11...../s1. The van der Waals surface area contributed by atoms with Gasteiger partial charge in [-0.1, -0.05) is 20.8 Å². The molecule has 12 nitrogen and oxygen atoms in total. The zero-order chi connectivity index (χ0) is 45.5. The van der Waals surface area contributed by atoms with Crippen LogP contribution in [-0.4, -0.2) is 112 Å². The van der Waals surface area contributed by atoms with Crippen LogP contribution in [0, 0.1) is 25.7 Å². The fourth-order valence-electron chi connectivity index (χ4n) is 6.93. The van der Waals surface area contributed by atoms with Gasteiger partial charge in [0.1, 0.15) is 23.1 Å². The Labute approximate surface area is 431 Å². The van der Waals surface area contributed by atoms with E-state index in [0.29, 0.717) is 79.9 Å². The van der Waals surface area contributed by atoms with Gasteiger partial charge in [-0.15, -0.1) is 0 Å². The van der Waals surface area contributed by atoms with Gasteiger partial charge < -0.3 is 20.4 Å². The molecule has 0 bridgehead atoms. The van der Waals surface area contributed by atoms with Gasteiger partial charge in [0.05, 0.1) is 57.4 Å². The number of nitrogens with zero attached hydrogens (tertiary/aromatic N) is 8. The molecule has 4 atom stereocenters. The Kier molecular flexibility index (Phi) is 23.5. The molecule has 63 heavy (non-hydrogen) atoms. The number of alkyl halides is 4. The largest absolute Gasteiger partial charge is 1.00 e. The molecule has 2 aliphatic heterocycles. The molecular formula is C43H58BrF4KN8O4S2. The van der Waals surface area contributed by atoms with Crippen molar-refractivity contribution in [2.75, 3.05) is 60.2 Å². The van der Waals surface area contributed by atoms with Gasteiger partial charge in [-0.2, -0.15) is 9.97 Å². The van der Waals surface area contributed by atoms with Gasteiger partial charge in [0, 0.05) is 108 Å². The number of likely N-dealkylation sites (tertiary alicyclic amines) is 2. The SMILES string of the molecule is CC.CCN1CCC(F)(F)C1.COc1ccc(C2C[C@@H]2COc2nc(C)ncc2Br)nc1.COc1ccc(C2C[C@@H]2COc2nc(C)ncc2CN2CCC(F)(F)C2)nc1.S=S.[H-].[K+]. The molecule has 2 saturated carbocycles. The molecule has 2 unspecified atom stereocenters. The summed E-state index contributed by atoms with van der Waals surface area (Å²) in [6.45, 7) is 12.5. The molecule has 2 aliphatic carbocycles. The summed E-state index contributed by atoms with van der Waals surface area (Å²) in [6, 6.07) is 7.87. The van der Waals surface area contributed by atoms with Crippen LogP contribution in [0.1, 0.15) is 88.3 Å². The topological polar surface area (TPSA) is 121 Å². The summed E-state index contributed by atoms with van der Waals surface area (Å²) in [5.41, 5.74) is 2.89. The van der Waals surface area contributed by atoms with Crippen LogP contribution in [-0.2, 0) is 28.9 Å². The van der Waals surface area contributed by atoms with Crippen molar-refractivity contribution < 1.29 is 89.3 Å². The average molecular weight is 1010 g/mol. The summed E-state index contributed by atoms with van der Waals surface area (Å²) >= 11 is 10.7. The third-order valence-corrected chi connectivity index (χ3v) is 11.1. The fraction of sp³-hybridized carbons (Fsp3) is 0.581. The molecule has 0 radical (unpaired) electrons. The van der Waals surface area contributed by atoms with Gasteiger partial charge >= 0.3 is 51.4 Å². The average Bonchev–Trinajstić information content (AvgIpc) is 4.18. The molecule has 20 heteroatoms. The minimum absolute atomic E-state index is 0. The number of halogens is 5. The van der Waals surface area contributed by atoms with Crippen LogP contribution in [0.4, 0.5) is 17.6 Å². The van der Waals surface area contributed by atoms with Crippen molar-refractivity contribution in [1.82, 2.24) is 39.7 Å². The van der Waals surface area contributed by atoms with Crippen LogP contribution in [0.25, 0.3) is 0 Å². The first-order chi connectivity index (χ1) is 29.7. The molecule has 4 fully saturated rings. The normalized spacial score (nSPS) is 21.2. The Morgan fingerprint density at radius 1 is 0.714 bits per heavy atom. The van der Waals surface area contributed by atoms with Gasteiger partial charge in [0.2, 0.25) is 11.8 Å². The fourth-order valence-corrected chi connectivity index (χ4v) is 7.23. The van der Waals surface area contributed by atoms with Gasteiger partial charge in [-0.05, 0) is 73.4 Å². The minimum atomic E-state index is -2.61. The second-order valence-electron chi connectivity index (χ2n) is 15.2. The number of rotatable bonds is 13. The molecule has 342 valence electrons. The van der Waals surface area contributed by atoms with Crippen LogP contribution >= 0.6 is 15.9 Å². The molecule has 0 spiro atoms. The number of hydrogen-bond acceptors (Lipinski definition) is 14. The van der Waals surface area contributed by atoms with E-state index >= 15 is 0 Å². The predicted octanol–water partition coefficient (Wildman–Crippen LogP) is 5.83. The molecule has 2 saturated heterocycles. The molecule has 4 aliphatic rings. The maximum absolute atomic E-state index is 13.5. The zero-order valence-electron chi connectivity index (χ0n) is 38.3. The van der Waals surface area contributed by atoms with Crippen LogP contribution < -0.4 is 70.3 Å². The van der Waals surface area contributed by atoms with Crippen molar-refractivity contribution in [3.05, 3.63) is 82.1 Å². The van der Waals surface area contributed by atoms with E-state index in [1.54, 1.807) is 55.7 Å². The molecule has 0 aromatic carbocycles. The van der Waals surface area contributed by atoms with Crippen molar-refractivity contribution in [3.8, 4) is 23.3 Å². The molecular weight excluding hydrogens is 952 g/mol. The quantitative estimate of drug-likeness (QED) is 0.118. The van der Waals surface area contributed by atoms with Crippen molar-refractivity contribution >= 4 is 38.3 Å². The number of aryl methyl sites for hydroxylation is 2. The van der Waals surface area contributed by atoms with Crippen LogP contribution in [0.15, 0.2) is 53.5 Å². The van der Waals surface area contributed by atoms with E-state index in [-0.39, 0.29) is 78.7 Å². The molecule has 0 amide bonds. The van der Waals surface area contributed by atoms with Gasteiger partial charge in [-0.25, -0.2) is 27.5 Å². The number of hydrogen-bond donors (Lipinski definition) is 0. The summed E-state index contributed by atoms with van der Waals surface area (Å²) in [5, 5.41) is 0. The van der Waals surface area contributed by atoms with Gasteiger partial charge in [0.15, 0.2) is 0 Å². The van der Waals surface area contributed by atoms with Crippen LogP contribution in [0.5, 0.6) is 23.3 Å². The van der Waals surface area contributed by atoms with Gasteiger partial charge in [0.25, 0.3) is 11.8 Å². The van der Waals surface area contributed by atoms with Crippen LogP contribution in [0.2, 0.25) is 0 Å². The molecule has 6 heterocycles. The Hall–Kier alpha value is -2.14. The van der Waals surface area contributed by atoms with Gasteiger partial charge in [-0.3, -0.25) is 19.8 Å². The van der Waals surface area contributed by atoms with E-state index in [1.807, 2.05) is 52.0 Å². The number of aromatic nitrogens is 6. The van der Waals surface area contributed by atoms with E-state index < -0.39 is 11.8 Å². The number of pyridine rings is 2. The summed E-state index contributed by atoms with van der Waals surface area (Å²) in [5.74, 6) is 0.632. The third-order valence-electron chi connectivity index (χ3n) is 10.6. The zero-order valence-corrected chi connectivity index (χ0v) is 43.7. The summed E-state index contributed by atoms with van der Waals surface area (Å²) in [4.78, 5) is 29.4. The molecule has 4 aromatic rings. The minimum Gasteiger partial charge on any atom is -1.00 e. The van der Waals surface area contributed by atoms with Crippen molar-refractivity contribution in [3.63, 3.8) is 0 Å². The first-order valence-electron chi connectivity index (χ1n) is 20.7. The Morgan fingerprint density at radius 2 is 1.17 bits per heavy atom. The van der Waals surface area contributed by atoms with E-state index in [9.17, 15) is 17.6 Å². The third kappa shape index (κ3) is 17.9. The first kappa shape index (κ1) is 55.2. The Morgan fingerprint density at radius 3 is 1.59 bits per heavy atom. The summed E-state index contributed by atoms with van der Waals surface area (Å²) in [6.07, 6.45) is 8.93. The molecule has 8 rings (SSSR count). The van der Waals surface area contributed by atoms with E-state index in [1.165, 1.54) is 0 Å². The predicted molar refractivity (Wildman–Crippen MR) is 239 cm³/mol. The van der Waals surface area contributed by atoms with Crippen LogP contribution in [0.3, 0.4) is 0 Å². The van der Waals surface area contributed by atoms with Crippen molar-refractivity contribution in [2.45, 2.75) is 90.5 Å². The van der Waals surface area contributed by atoms with E-state index in [2.05, 4.69) is 68.2 Å². The second-order valence-corrected chi connectivity index (χ2v) is 16.0. The van der Waals surface area contributed by atoms with Crippen molar-refractivity contribution in [1.29, 1.82) is 0 Å². The maximum Gasteiger partial charge on any atom is 1.00 e. The molecule has 0 N–H and O–H groups in total. The Balaban J connectivity index is 0.000000345. The van der Waals surface area contributed by atoms with Crippen molar-refractivity contribution in [2.24, 2.45) is 11.8 Å². The number of methoxy groups -OCH3 is 2. The maximum atomic E-state index is 13.5. The van der Waals surface area contributed by atoms with E-state index in [0.717, 1.165) is 52.3 Å². The smallest absolute Gasteiger partial charge is 1.00 e. The molecule has 4 aromatic heterocycles. The summed E-state index contributed by atoms with van der Waals surface area (Å²) in [7, 11) is 3.26. The first-order valence-corrected chi connectivity index (χ1v) is 22.8. The summed E-state index contributed by atoms with van der Waals surface area (Å²) < 4.78 is 74.4. The number of ether oxygens (including phenoxy) is 4. The van der Waals surface area contributed by atoms with E-state index in [4.69, 9.17) is 18.9 Å². The monoisotopic (exact) mass is 1010 g/mol. The Bertz CT molecular complexity index is 1990. The second kappa shape index (κ2) is 26.9.